The lowest BCUT2D eigenvalue weighted by molar-refractivity contribution is 0.0483. The molecule has 25 heavy (non-hydrogen) atoms. The van der Waals surface area contributed by atoms with Crippen LogP contribution in [0.15, 0.2) is 18.6 Å². The molecule has 2 saturated heterocycles. The van der Waals surface area contributed by atoms with Crippen molar-refractivity contribution in [2.75, 3.05) is 39.9 Å². The second kappa shape index (κ2) is 5.78. The van der Waals surface area contributed by atoms with Crippen molar-refractivity contribution in [2.45, 2.75) is 24.9 Å². The van der Waals surface area contributed by atoms with Crippen molar-refractivity contribution in [3.05, 3.63) is 24.2 Å². The average Bonchev–Trinajstić information content (AvgIpc) is 3.39. The van der Waals surface area contributed by atoms with Gasteiger partial charge >= 0.3 is 0 Å². The van der Waals surface area contributed by atoms with Gasteiger partial charge in [0, 0.05) is 37.8 Å². The van der Waals surface area contributed by atoms with Gasteiger partial charge in [0.25, 0.3) is 5.91 Å². The molecule has 0 aromatic carbocycles. The van der Waals surface area contributed by atoms with E-state index in [2.05, 4.69) is 26.5 Å². The molecule has 2 aromatic rings. The Balaban J connectivity index is 1.46. The van der Waals surface area contributed by atoms with Gasteiger partial charge in [-0.15, -0.1) is 0 Å². The Bertz CT molecular complexity index is 815. The lowest BCUT2D eigenvalue weighted by Crippen LogP contribution is -2.46. The standard InChI is InChI=1S/C18H23N5O2/c1-21-6-12-7-22(15(8-21)10-25-9-12)18(24)13-4-16-17(19-5-13)23(11-20-16)14-2-3-14/h4-5,11-12,14-15H,2-3,6-10H2,1H3/t12-,15-/m0/s1. The second-order valence-corrected chi connectivity index (χ2v) is 7.69. The topological polar surface area (TPSA) is 63.5 Å². The third-order valence-corrected chi connectivity index (χ3v) is 5.51. The SMILES string of the molecule is CN1C[C@@H]2COC[C@H](C1)N(C(=O)c1cnc3c(c1)ncn3C1CC1)C2. The minimum absolute atomic E-state index is 0.0474. The molecule has 2 bridgehead atoms. The zero-order valence-electron chi connectivity index (χ0n) is 14.5. The summed E-state index contributed by atoms with van der Waals surface area (Å²) in [4.78, 5) is 26.5. The van der Waals surface area contributed by atoms with E-state index in [0.717, 1.165) is 37.4 Å². The van der Waals surface area contributed by atoms with Crippen LogP contribution < -0.4 is 0 Å². The molecule has 0 N–H and O–H groups in total. The number of pyridine rings is 1. The number of carbonyl (C=O) groups excluding carboxylic acids is 1. The average molecular weight is 341 g/mol. The summed E-state index contributed by atoms with van der Waals surface area (Å²) < 4.78 is 7.91. The number of hydrogen-bond acceptors (Lipinski definition) is 5. The molecule has 0 spiro atoms. The Morgan fingerprint density at radius 3 is 2.88 bits per heavy atom. The molecule has 2 aliphatic heterocycles. The number of likely N-dealkylation sites (N-methyl/N-ethyl adjacent to an activating group) is 1. The molecular weight excluding hydrogens is 318 g/mol. The van der Waals surface area contributed by atoms with E-state index in [4.69, 9.17) is 4.74 Å². The third-order valence-electron chi connectivity index (χ3n) is 5.51. The third kappa shape index (κ3) is 2.71. The molecule has 132 valence electrons. The van der Waals surface area contributed by atoms with Crippen LogP contribution in [0.5, 0.6) is 0 Å². The first-order chi connectivity index (χ1) is 12.2. The van der Waals surface area contributed by atoms with Crippen molar-refractivity contribution in [1.82, 2.24) is 24.3 Å². The first kappa shape index (κ1) is 15.3. The fourth-order valence-corrected chi connectivity index (χ4v) is 4.15. The Labute approximate surface area is 146 Å². The van der Waals surface area contributed by atoms with Crippen molar-refractivity contribution in [1.29, 1.82) is 0 Å². The molecule has 3 fully saturated rings. The molecule has 3 aliphatic rings. The van der Waals surface area contributed by atoms with Gasteiger partial charge in [-0.3, -0.25) is 4.79 Å². The normalized spacial score (nSPS) is 27.5. The monoisotopic (exact) mass is 341 g/mol. The van der Waals surface area contributed by atoms with Gasteiger partial charge in [0.05, 0.1) is 31.1 Å². The van der Waals surface area contributed by atoms with Crippen molar-refractivity contribution in [2.24, 2.45) is 5.92 Å². The van der Waals surface area contributed by atoms with E-state index in [9.17, 15) is 4.79 Å². The lowest BCUT2D eigenvalue weighted by Gasteiger charge is -2.29. The summed E-state index contributed by atoms with van der Waals surface area (Å²) >= 11 is 0. The zero-order chi connectivity index (χ0) is 17.0. The fraction of sp³-hybridized carbons (Fsp3) is 0.611. The summed E-state index contributed by atoms with van der Waals surface area (Å²) in [6.07, 6.45) is 5.95. The quantitative estimate of drug-likeness (QED) is 0.820. The molecule has 2 aromatic heterocycles. The van der Waals surface area contributed by atoms with E-state index < -0.39 is 0 Å². The lowest BCUT2D eigenvalue weighted by atomic mass is 10.1. The number of fused-ring (bicyclic) bond motifs is 4. The predicted molar refractivity (Wildman–Crippen MR) is 92.4 cm³/mol. The zero-order valence-corrected chi connectivity index (χ0v) is 14.5. The number of aromatic nitrogens is 3. The summed E-state index contributed by atoms with van der Waals surface area (Å²) in [5.74, 6) is 0.415. The summed E-state index contributed by atoms with van der Waals surface area (Å²) in [5.41, 5.74) is 2.32. The maximum atomic E-state index is 13.2. The van der Waals surface area contributed by atoms with Crippen LogP contribution in [0.4, 0.5) is 0 Å². The summed E-state index contributed by atoms with van der Waals surface area (Å²) in [6, 6.07) is 2.53. The number of imidazole rings is 1. The molecule has 1 saturated carbocycles. The number of nitrogens with zero attached hydrogens (tertiary/aromatic N) is 5. The summed E-state index contributed by atoms with van der Waals surface area (Å²) in [6.45, 7) is 3.92. The maximum Gasteiger partial charge on any atom is 0.255 e. The van der Waals surface area contributed by atoms with Crippen LogP contribution in [0.25, 0.3) is 11.2 Å². The van der Waals surface area contributed by atoms with Gasteiger partial charge < -0.3 is 19.1 Å². The minimum atomic E-state index is 0.0474. The molecular formula is C18H23N5O2. The van der Waals surface area contributed by atoms with Crippen LogP contribution in [0, 0.1) is 5.92 Å². The predicted octanol–water partition coefficient (Wildman–Crippen LogP) is 1.17. The second-order valence-electron chi connectivity index (χ2n) is 7.69. The molecule has 0 unspecified atom stereocenters. The van der Waals surface area contributed by atoms with E-state index in [1.54, 1.807) is 6.20 Å². The molecule has 1 amide bonds. The Morgan fingerprint density at radius 1 is 1.16 bits per heavy atom. The Hall–Kier alpha value is -1.99. The number of amides is 1. The Kier molecular flexibility index (Phi) is 3.53. The van der Waals surface area contributed by atoms with E-state index in [0.29, 0.717) is 24.1 Å². The fourth-order valence-electron chi connectivity index (χ4n) is 4.15. The maximum absolute atomic E-state index is 13.2. The van der Waals surface area contributed by atoms with Crippen LogP contribution >= 0.6 is 0 Å². The highest BCUT2D eigenvalue weighted by Gasteiger charge is 2.35. The van der Waals surface area contributed by atoms with Crippen molar-refractivity contribution in [3.63, 3.8) is 0 Å². The van der Waals surface area contributed by atoms with Crippen LogP contribution in [0.2, 0.25) is 0 Å². The van der Waals surface area contributed by atoms with Crippen LogP contribution in [0.1, 0.15) is 29.2 Å². The molecule has 0 radical (unpaired) electrons. The van der Waals surface area contributed by atoms with E-state index in [1.165, 1.54) is 12.8 Å². The summed E-state index contributed by atoms with van der Waals surface area (Å²) in [5, 5.41) is 0. The highest BCUT2D eigenvalue weighted by Crippen LogP contribution is 2.36. The van der Waals surface area contributed by atoms with Gasteiger partial charge in [-0.05, 0) is 26.0 Å². The smallest absolute Gasteiger partial charge is 0.255 e. The molecule has 7 heteroatoms. The minimum Gasteiger partial charge on any atom is -0.379 e. The molecule has 1 aliphatic carbocycles. The molecule has 4 heterocycles. The van der Waals surface area contributed by atoms with Gasteiger partial charge in [0.2, 0.25) is 0 Å². The summed E-state index contributed by atoms with van der Waals surface area (Å²) in [7, 11) is 2.12. The number of ether oxygens (including phenoxy) is 1. The van der Waals surface area contributed by atoms with Crippen molar-refractivity contribution < 1.29 is 9.53 Å². The van der Waals surface area contributed by atoms with Gasteiger partial charge in [0.1, 0.15) is 5.52 Å². The van der Waals surface area contributed by atoms with E-state index in [1.807, 2.05) is 17.3 Å². The highest BCUT2D eigenvalue weighted by molar-refractivity contribution is 5.96. The molecule has 7 nitrogen and oxygen atoms in total. The molecule has 2 atom stereocenters. The largest absolute Gasteiger partial charge is 0.379 e. The first-order valence-corrected chi connectivity index (χ1v) is 9.09. The number of carbonyl (C=O) groups is 1. The number of hydrogen-bond donors (Lipinski definition) is 0. The van der Waals surface area contributed by atoms with E-state index >= 15 is 0 Å². The first-order valence-electron chi connectivity index (χ1n) is 9.09. The molecule has 5 rings (SSSR count). The van der Waals surface area contributed by atoms with E-state index in [-0.39, 0.29) is 11.9 Å². The van der Waals surface area contributed by atoms with Gasteiger partial charge in [-0.1, -0.05) is 0 Å². The van der Waals surface area contributed by atoms with Crippen molar-refractivity contribution >= 4 is 17.1 Å². The Morgan fingerprint density at radius 2 is 2.04 bits per heavy atom. The van der Waals surface area contributed by atoms with Gasteiger partial charge in [0.15, 0.2) is 5.65 Å². The highest BCUT2D eigenvalue weighted by atomic mass is 16.5. The number of rotatable bonds is 2. The van der Waals surface area contributed by atoms with Crippen molar-refractivity contribution in [3.8, 4) is 0 Å². The van der Waals surface area contributed by atoms with Gasteiger partial charge in [-0.25, -0.2) is 9.97 Å². The van der Waals surface area contributed by atoms with Gasteiger partial charge in [-0.2, -0.15) is 0 Å². The van der Waals surface area contributed by atoms with Crippen LogP contribution in [-0.4, -0.2) is 76.2 Å². The van der Waals surface area contributed by atoms with Crippen LogP contribution in [-0.2, 0) is 4.74 Å². The van der Waals surface area contributed by atoms with Crippen LogP contribution in [0.3, 0.4) is 0 Å².